The predicted octanol–water partition coefficient (Wildman–Crippen LogP) is 5.59. The van der Waals surface area contributed by atoms with Crippen molar-refractivity contribution >= 4 is 39.3 Å². The molecule has 0 spiro atoms. The molecule has 0 radical (unpaired) electrons. The molecule has 0 aromatic heterocycles. The van der Waals surface area contributed by atoms with Crippen LogP contribution < -0.4 is 15.8 Å². The van der Waals surface area contributed by atoms with E-state index in [1.165, 1.54) is 25.3 Å². The monoisotopic (exact) mass is 622 g/mol. The van der Waals surface area contributed by atoms with E-state index in [2.05, 4.69) is 21.2 Å². The second-order valence-corrected chi connectivity index (χ2v) is 11.1. The zero-order chi connectivity index (χ0) is 29.4. The number of nitrogens with one attached hydrogen (secondary N) is 1. The Morgan fingerprint density at radius 3 is 2.58 bits per heavy atom. The summed E-state index contributed by atoms with van der Waals surface area (Å²) >= 11 is 3.40. The molecule has 0 bridgehead atoms. The van der Waals surface area contributed by atoms with Gasteiger partial charge in [0.1, 0.15) is 17.1 Å². The summed E-state index contributed by atoms with van der Waals surface area (Å²) < 4.78 is 56.2. The lowest BCUT2D eigenvalue weighted by molar-refractivity contribution is -0.138. The lowest BCUT2D eigenvalue weighted by Crippen LogP contribution is -2.35. The van der Waals surface area contributed by atoms with E-state index in [4.69, 9.17) is 19.9 Å². The van der Waals surface area contributed by atoms with Crippen LogP contribution in [0.5, 0.6) is 5.75 Å². The van der Waals surface area contributed by atoms with Crippen molar-refractivity contribution in [3.63, 3.8) is 0 Å². The van der Waals surface area contributed by atoms with Crippen molar-refractivity contribution in [1.82, 2.24) is 0 Å². The van der Waals surface area contributed by atoms with Crippen molar-refractivity contribution in [2.75, 3.05) is 19.0 Å². The van der Waals surface area contributed by atoms with Crippen LogP contribution >= 0.6 is 15.9 Å². The summed E-state index contributed by atoms with van der Waals surface area (Å²) in [6.45, 7) is 3.26. The minimum Gasteiger partial charge on any atom is -0.483 e. The number of amides is 1. The molecule has 1 unspecified atom stereocenters. The molecule has 2 aromatic carbocycles. The average molecular weight is 623 g/mol. The number of ketones is 1. The van der Waals surface area contributed by atoms with E-state index in [-0.39, 0.29) is 40.7 Å². The molecule has 212 valence electrons. The number of carbonyl (C=O) groups excluding carboxylic acids is 3. The second-order valence-electron chi connectivity index (χ2n) is 10.2. The molecule has 4 rings (SSSR count). The third-order valence-corrected chi connectivity index (χ3v) is 6.97. The molecule has 2 aromatic rings. The quantitative estimate of drug-likeness (QED) is 0.404. The van der Waals surface area contributed by atoms with Crippen LogP contribution in [0, 0.1) is 5.41 Å². The van der Waals surface area contributed by atoms with Gasteiger partial charge in [-0.05, 0) is 41.8 Å². The van der Waals surface area contributed by atoms with Gasteiger partial charge in [0, 0.05) is 34.1 Å². The van der Waals surface area contributed by atoms with E-state index in [1.54, 1.807) is 12.1 Å². The van der Waals surface area contributed by atoms with Crippen LogP contribution in [0.1, 0.15) is 43.7 Å². The molecule has 0 saturated heterocycles. The van der Waals surface area contributed by atoms with E-state index in [1.807, 2.05) is 13.8 Å². The molecule has 1 aliphatic heterocycles. The van der Waals surface area contributed by atoms with Crippen molar-refractivity contribution in [3.05, 3.63) is 80.9 Å². The number of hydrogen-bond donors (Lipinski definition) is 2. The Morgan fingerprint density at radius 1 is 1.18 bits per heavy atom. The molecule has 0 fully saturated rings. The van der Waals surface area contributed by atoms with Crippen LogP contribution in [0.2, 0.25) is 0 Å². The number of carbonyl (C=O) groups is 3. The Kier molecular flexibility index (Phi) is 8.02. The van der Waals surface area contributed by atoms with Gasteiger partial charge in [0.25, 0.3) is 5.91 Å². The predicted molar refractivity (Wildman–Crippen MR) is 142 cm³/mol. The number of alkyl halides is 3. The number of benzene rings is 2. The van der Waals surface area contributed by atoms with Gasteiger partial charge in [0.2, 0.25) is 5.88 Å². The van der Waals surface area contributed by atoms with Gasteiger partial charge in [-0.25, -0.2) is 4.79 Å². The van der Waals surface area contributed by atoms with Crippen LogP contribution in [-0.4, -0.2) is 31.4 Å². The summed E-state index contributed by atoms with van der Waals surface area (Å²) in [5.41, 5.74) is 5.30. The highest BCUT2D eigenvalue weighted by Gasteiger charge is 2.46. The SMILES string of the molecule is COC(=O)C1=C(N)OC2=C(C(=O)CC(C)(C)C2)C1c1cc(Br)ccc1OCC(=O)Nc1cccc(C(F)(F)F)c1. The normalized spacial score (nSPS) is 18.6. The number of Topliss-reactive ketones (excluding diaryl/α,β-unsaturated/α-hetero) is 1. The highest BCUT2D eigenvalue weighted by Crippen LogP contribution is 2.50. The Morgan fingerprint density at radius 2 is 1.90 bits per heavy atom. The maximum atomic E-state index is 13.4. The van der Waals surface area contributed by atoms with Gasteiger partial charge in [-0.15, -0.1) is 0 Å². The third kappa shape index (κ3) is 6.16. The number of allylic oxidation sites excluding steroid dienone is 2. The third-order valence-electron chi connectivity index (χ3n) is 6.48. The number of rotatable bonds is 6. The zero-order valence-corrected chi connectivity index (χ0v) is 23.4. The first kappa shape index (κ1) is 29.2. The molecule has 2 aliphatic rings. The maximum Gasteiger partial charge on any atom is 0.416 e. The highest BCUT2D eigenvalue weighted by atomic mass is 79.9. The fourth-order valence-corrected chi connectivity index (χ4v) is 5.17. The summed E-state index contributed by atoms with van der Waals surface area (Å²) in [5, 5.41) is 2.38. The minimum atomic E-state index is -4.57. The van der Waals surface area contributed by atoms with E-state index in [0.29, 0.717) is 22.2 Å². The van der Waals surface area contributed by atoms with Crippen LogP contribution in [0.3, 0.4) is 0 Å². The molecule has 40 heavy (non-hydrogen) atoms. The van der Waals surface area contributed by atoms with Crippen molar-refractivity contribution in [2.45, 2.75) is 38.8 Å². The number of halogens is 4. The van der Waals surface area contributed by atoms with Crippen LogP contribution in [-0.2, 0) is 30.0 Å². The number of esters is 1. The van der Waals surface area contributed by atoms with Gasteiger partial charge >= 0.3 is 12.1 Å². The lowest BCUT2D eigenvalue weighted by Gasteiger charge is -2.38. The van der Waals surface area contributed by atoms with Gasteiger partial charge in [-0.2, -0.15) is 13.2 Å². The maximum absolute atomic E-state index is 13.4. The highest BCUT2D eigenvalue weighted by molar-refractivity contribution is 9.10. The Bertz CT molecular complexity index is 1450. The summed E-state index contributed by atoms with van der Waals surface area (Å²) in [6.07, 6.45) is -3.98. The van der Waals surface area contributed by atoms with E-state index >= 15 is 0 Å². The van der Waals surface area contributed by atoms with Crippen molar-refractivity contribution in [1.29, 1.82) is 0 Å². The van der Waals surface area contributed by atoms with Gasteiger partial charge in [-0.3, -0.25) is 9.59 Å². The minimum absolute atomic E-state index is 0.0576. The molecule has 1 aliphatic carbocycles. The van der Waals surface area contributed by atoms with Crippen LogP contribution in [0.4, 0.5) is 18.9 Å². The molecular weight excluding hydrogens is 597 g/mol. The average Bonchev–Trinajstić information content (AvgIpc) is 2.85. The zero-order valence-electron chi connectivity index (χ0n) is 21.8. The van der Waals surface area contributed by atoms with Crippen LogP contribution in [0.15, 0.2) is 69.7 Å². The van der Waals surface area contributed by atoms with E-state index < -0.39 is 41.6 Å². The number of hydrogen-bond acceptors (Lipinski definition) is 7. The second kappa shape index (κ2) is 11.0. The van der Waals surface area contributed by atoms with E-state index in [9.17, 15) is 27.6 Å². The summed E-state index contributed by atoms with van der Waals surface area (Å²) in [4.78, 5) is 38.9. The standard InChI is InChI=1S/C28H26BrF3N2O6/c1-27(2)11-18(35)23-20(12-27)40-25(33)24(26(37)38-3)22(23)17-10-15(29)7-8-19(17)39-13-21(36)34-16-6-4-5-14(9-16)28(30,31)32/h4-10,22H,11-13,33H2,1-3H3,(H,34,36). The van der Waals surface area contributed by atoms with Crippen molar-refractivity contribution in [2.24, 2.45) is 11.1 Å². The van der Waals surface area contributed by atoms with Gasteiger partial charge in [0.05, 0.1) is 18.6 Å². The fourth-order valence-electron chi connectivity index (χ4n) is 4.79. The Labute approximate surface area is 236 Å². The molecule has 8 nitrogen and oxygen atoms in total. The first-order valence-corrected chi connectivity index (χ1v) is 12.9. The largest absolute Gasteiger partial charge is 0.483 e. The fraction of sp³-hybridized carbons (Fsp3) is 0.321. The topological polar surface area (TPSA) is 117 Å². The van der Waals surface area contributed by atoms with Gasteiger partial charge < -0.3 is 25.3 Å². The van der Waals surface area contributed by atoms with E-state index in [0.717, 1.165) is 12.1 Å². The summed E-state index contributed by atoms with van der Waals surface area (Å²) in [6, 6.07) is 9.00. The Balaban J connectivity index is 1.68. The molecule has 3 N–H and O–H groups in total. The van der Waals surface area contributed by atoms with Gasteiger partial charge in [0.15, 0.2) is 12.4 Å². The number of methoxy groups -OCH3 is 1. The molecule has 1 atom stereocenters. The molecule has 1 heterocycles. The molecule has 12 heteroatoms. The van der Waals surface area contributed by atoms with Crippen LogP contribution in [0.25, 0.3) is 0 Å². The first-order chi connectivity index (χ1) is 18.7. The summed E-state index contributed by atoms with van der Waals surface area (Å²) in [5.74, 6) is -2.51. The lowest BCUT2D eigenvalue weighted by atomic mass is 9.70. The summed E-state index contributed by atoms with van der Waals surface area (Å²) in [7, 11) is 1.17. The Hall–Kier alpha value is -3.80. The number of anilines is 1. The molecular formula is C28H26BrF3N2O6. The molecule has 0 saturated carbocycles. The van der Waals surface area contributed by atoms with Gasteiger partial charge in [-0.1, -0.05) is 35.8 Å². The molecule has 1 amide bonds. The smallest absolute Gasteiger partial charge is 0.416 e. The number of nitrogens with two attached hydrogens (primary N) is 1. The first-order valence-electron chi connectivity index (χ1n) is 12.1. The number of ether oxygens (including phenoxy) is 3. The van der Waals surface area contributed by atoms with Crippen molar-refractivity contribution < 1.29 is 41.8 Å². The van der Waals surface area contributed by atoms with Crippen molar-refractivity contribution in [3.8, 4) is 5.75 Å².